The van der Waals surface area contributed by atoms with E-state index in [0.717, 1.165) is 70.6 Å². The number of phosphoric ester groups is 1. The largest absolute Gasteiger partial charge is 0.472 e. The van der Waals surface area contributed by atoms with Crippen LogP contribution >= 0.6 is 7.82 Å². The van der Waals surface area contributed by atoms with Gasteiger partial charge in [-0.2, -0.15) is 0 Å². The van der Waals surface area contributed by atoms with Gasteiger partial charge in [0, 0.05) is 6.42 Å². The Kier molecular flexibility index (Phi) is 57.5. The molecule has 0 aromatic rings. The zero-order chi connectivity index (χ0) is 57.0. The fraction of sp³-hybridized carbons (Fsp3) is 0.783. The number of unbranched alkanes of at least 4 members (excludes halogenated alkanes) is 35. The van der Waals surface area contributed by atoms with Crippen LogP contribution in [0.4, 0.5) is 0 Å². The molecule has 0 aliphatic carbocycles. The highest BCUT2D eigenvalue weighted by molar-refractivity contribution is 7.47. The summed E-state index contributed by atoms with van der Waals surface area (Å²) < 4.78 is 23.8. The van der Waals surface area contributed by atoms with Crippen molar-refractivity contribution in [2.75, 3.05) is 40.9 Å². The monoisotopic (exact) mass is 1110 g/mol. The minimum absolute atomic E-state index is 0.0534. The lowest BCUT2D eigenvalue weighted by Gasteiger charge is -2.25. The zero-order valence-electron chi connectivity index (χ0n) is 51.9. The predicted octanol–water partition coefficient (Wildman–Crippen LogP) is 20.8. The molecule has 3 atom stereocenters. The van der Waals surface area contributed by atoms with Crippen molar-refractivity contribution in [2.45, 2.75) is 309 Å². The molecule has 0 aliphatic rings. The average molecular weight is 1110 g/mol. The minimum atomic E-state index is -4.36. The second-order valence-corrected chi connectivity index (χ2v) is 24.9. The van der Waals surface area contributed by atoms with Gasteiger partial charge in [-0.3, -0.25) is 13.8 Å². The Bertz CT molecular complexity index is 1550. The van der Waals surface area contributed by atoms with Crippen LogP contribution in [0.2, 0.25) is 0 Å². The first kappa shape index (κ1) is 75.7. The lowest BCUT2D eigenvalue weighted by Crippen LogP contribution is -2.45. The number of likely N-dealkylation sites (N-methyl/N-ethyl adjacent to an activating group) is 1. The van der Waals surface area contributed by atoms with Crippen LogP contribution in [-0.2, 0) is 18.4 Å². The van der Waals surface area contributed by atoms with E-state index in [0.29, 0.717) is 17.4 Å². The maximum Gasteiger partial charge on any atom is 0.472 e. The van der Waals surface area contributed by atoms with Gasteiger partial charge in [-0.1, -0.05) is 298 Å². The van der Waals surface area contributed by atoms with Gasteiger partial charge in [0.2, 0.25) is 5.91 Å². The van der Waals surface area contributed by atoms with Gasteiger partial charge < -0.3 is 19.8 Å². The Hall–Kier alpha value is -2.32. The summed E-state index contributed by atoms with van der Waals surface area (Å²) in [6.45, 7) is 4.71. The quantitative estimate of drug-likeness (QED) is 0.0243. The number of amides is 1. The van der Waals surface area contributed by atoms with Gasteiger partial charge >= 0.3 is 7.82 Å². The molecule has 0 aliphatic heterocycles. The molecule has 3 N–H and O–H groups in total. The molecule has 0 aromatic heterocycles. The third-order valence-corrected chi connectivity index (χ3v) is 15.6. The number of aliphatic hydroxyl groups excluding tert-OH is 1. The molecular weight excluding hydrogens is 984 g/mol. The molecule has 0 radical (unpaired) electrons. The van der Waals surface area contributed by atoms with Crippen molar-refractivity contribution >= 4 is 13.7 Å². The first-order chi connectivity index (χ1) is 38.0. The second-order valence-electron chi connectivity index (χ2n) is 23.5. The topological polar surface area (TPSA) is 105 Å². The molecule has 0 bridgehead atoms. The van der Waals surface area contributed by atoms with Crippen molar-refractivity contribution in [1.82, 2.24) is 5.32 Å². The fourth-order valence-corrected chi connectivity index (χ4v) is 10.2. The number of nitrogens with one attached hydrogen (secondary N) is 1. The number of nitrogens with zero attached hydrogens (tertiary/aromatic N) is 1. The van der Waals surface area contributed by atoms with Crippen molar-refractivity contribution < 1.29 is 32.9 Å². The number of carbonyl (C=O) groups excluding carboxylic acids is 1. The summed E-state index contributed by atoms with van der Waals surface area (Å²) in [5.41, 5.74) is 0. The summed E-state index contributed by atoms with van der Waals surface area (Å²) in [7, 11) is 1.55. The fourth-order valence-electron chi connectivity index (χ4n) is 9.50. The number of rotatable bonds is 60. The average Bonchev–Trinajstić information content (AvgIpc) is 3.41. The molecule has 0 rings (SSSR count). The molecule has 9 heteroatoms. The van der Waals surface area contributed by atoms with Gasteiger partial charge in [0.25, 0.3) is 0 Å². The van der Waals surface area contributed by atoms with Crippen LogP contribution in [0.5, 0.6) is 0 Å². The van der Waals surface area contributed by atoms with Crippen LogP contribution in [0.1, 0.15) is 296 Å². The van der Waals surface area contributed by atoms with E-state index in [1.807, 2.05) is 27.2 Å². The van der Waals surface area contributed by atoms with Crippen LogP contribution in [0.25, 0.3) is 0 Å². The summed E-state index contributed by atoms with van der Waals surface area (Å²) in [5, 5.41) is 14.0. The van der Waals surface area contributed by atoms with Gasteiger partial charge in [-0.15, -0.1) is 0 Å². The van der Waals surface area contributed by atoms with E-state index in [1.165, 1.54) is 205 Å². The number of allylic oxidation sites excluding steroid dienone is 13. The Morgan fingerprint density at radius 3 is 1.18 bits per heavy atom. The van der Waals surface area contributed by atoms with Gasteiger partial charge in [0.05, 0.1) is 39.9 Å². The van der Waals surface area contributed by atoms with E-state index in [1.54, 1.807) is 6.08 Å². The highest BCUT2D eigenvalue weighted by atomic mass is 31.2. The first-order valence-electron chi connectivity index (χ1n) is 33.0. The van der Waals surface area contributed by atoms with Crippen LogP contribution in [-0.4, -0.2) is 73.4 Å². The van der Waals surface area contributed by atoms with E-state index in [9.17, 15) is 19.4 Å². The molecule has 1 amide bonds. The standard InChI is InChI=1S/C69H127N2O6P/c1-6-8-10-12-14-16-18-20-22-24-26-28-30-32-34-35-37-39-41-43-45-47-49-51-53-55-57-59-61-63-69(73)70-67(66-77-78(74,75)76-65-64-71(3,4)5)68(72)62-60-58-56-54-52-50-48-46-44-42-40-38-36-33-31-29-27-25-23-21-19-17-15-13-11-9-7-2/h8,10,14,16,20,22,26,28,32,34,52,54,60,62,67-68,72H,6-7,9,11-13,15,17-19,21,23-25,27,29-31,33,35-51,53,55-59,61,63-66H2,1-5H3,(H-,70,73,74,75)/p+1/b10-8-,16-14-,22-20-,28-26-,34-32-,54-52+,62-60+. The van der Waals surface area contributed by atoms with Crippen LogP contribution in [0.3, 0.4) is 0 Å². The summed E-state index contributed by atoms with van der Waals surface area (Å²) in [6, 6.07) is -0.870. The van der Waals surface area contributed by atoms with Gasteiger partial charge in [-0.05, 0) is 77.0 Å². The Labute approximate surface area is 484 Å². The zero-order valence-corrected chi connectivity index (χ0v) is 52.8. The number of hydrogen-bond acceptors (Lipinski definition) is 5. The Balaban J connectivity index is 4.17. The SMILES string of the molecule is CC/C=C\C/C=C\C/C=C\C/C=C\C/C=C\CCCCCCCCCCCCCCCC(=O)NC(COP(=O)(O)OCC[N+](C)(C)C)C(O)/C=C/CC/C=C/CCCCCCCCCCCCCCCCCCCCCCC. The van der Waals surface area contributed by atoms with Crippen molar-refractivity contribution in [1.29, 1.82) is 0 Å². The minimum Gasteiger partial charge on any atom is -0.387 e. The normalized spacial score (nSPS) is 14.3. The van der Waals surface area contributed by atoms with Gasteiger partial charge in [-0.25, -0.2) is 4.57 Å². The van der Waals surface area contributed by atoms with Gasteiger partial charge in [0.1, 0.15) is 13.2 Å². The smallest absolute Gasteiger partial charge is 0.387 e. The third-order valence-electron chi connectivity index (χ3n) is 14.6. The van der Waals surface area contributed by atoms with Crippen LogP contribution in [0, 0.1) is 0 Å². The Morgan fingerprint density at radius 1 is 0.449 bits per heavy atom. The van der Waals surface area contributed by atoms with E-state index >= 15 is 0 Å². The molecule has 0 fully saturated rings. The van der Waals surface area contributed by atoms with Crippen LogP contribution < -0.4 is 5.32 Å². The van der Waals surface area contributed by atoms with Gasteiger partial charge in [0.15, 0.2) is 0 Å². The summed E-state index contributed by atoms with van der Waals surface area (Å²) >= 11 is 0. The molecule has 0 heterocycles. The van der Waals surface area contributed by atoms with Crippen molar-refractivity contribution in [3.05, 3.63) is 85.1 Å². The molecule has 0 saturated heterocycles. The highest BCUT2D eigenvalue weighted by Gasteiger charge is 2.27. The number of aliphatic hydroxyl groups is 1. The molecule has 3 unspecified atom stereocenters. The van der Waals surface area contributed by atoms with Crippen LogP contribution in [0.15, 0.2) is 85.1 Å². The highest BCUT2D eigenvalue weighted by Crippen LogP contribution is 2.43. The number of hydrogen-bond donors (Lipinski definition) is 3. The third kappa shape index (κ3) is 61.3. The molecular formula is C69H128N2O6P+. The molecule has 0 aromatic carbocycles. The molecule has 454 valence electrons. The van der Waals surface area contributed by atoms with Crippen molar-refractivity contribution in [2.24, 2.45) is 0 Å². The molecule has 0 saturated carbocycles. The lowest BCUT2D eigenvalue weighted by molar-refractivity contribution is -0.870. The van der Waals surface area contributed by atoms with E-state index in [-0.39, 0.29) is 19.1 Å². The maximum atomic E-state index is 13.0. The number of quaternary nitrogens is 1. The molecule has 78 heavy (non-hydrogen) atoms. The van der Waals surface area contributed by atoms with E-state index in [4.69, 9.17) is 9.05 Å². The maximum absolute atomic E-state index is 13.0. The number of carbonyl (C=O) groups is 1. The van der Waals surface area contributed by atoms with E-state index in [2.05, 4.69) is 92.1 Å². The first-order valence-corrected chi connectivity index (χ1v) is 34.5. The van der Waals surface area contributed by atoms with E-state index < -0.39 is 20.0 Å². The molecule has 0 spiro atoms. The predicted molar refractivity (Wildman–Crippen MR) is 341 cm³/mol. The summed E-state index contributed by atoms with van der Waals surface area (Å²) in [6.07, 6.45) is 84.3. The second kappa shape index (κ2) is 59.3. The number of phosphoric acid groups is 1. The van der Waals surface area contributed by atoms with Crippen molar-refractivity contribution in [3.8, 4) is 0 Å². The lowest BCUT2D eigenvalue weighted by atomic mass is 10.0. The Morgan fingerprint density at radius 2 is 0.782 bits per heavy atom. The molecule has 8 nitrogen and oxygen atoms in total. The van der Waals surface area contributed by atoms with Crippen molar-refractivity contribution in [3.63, 3.8) is 0 Å². The summed E-state index contributed by atoms with van der Waals surface area (Å²) in [5.74, 6) is -0.188. The summed E-state index contributed by atoms with van der Waals surface area (Å²) in [4.78, 5) is 23.4.